The lowest BCUT2D eigenvalue weighted by Gasteiger charge is -2.22. The van der Waals surface area contributed by atoms with Gasteiger partial charge in [0.15, 0.2) is 0 Å². The van der Waals surface area contributed by atoms with Crippen molar-refractivity contribution in [2.24, 2.45) is 11.8 Å². The molecule has 2 unspecified atom stereocenters. The molecule has 19 heavy (non-hydrogen) atoms. The fourth-order valence-electron chi connectivity index (χ4n) is 2.11. The van der Waals surface area contributed by atoms with Gasteiger partial charge in [-0.05, 0) is 25.7 Å². The number of nitrogens with one attached hydrogen (secondary N) is 2. The van der Waals surface area contributed by atoms with Crippen molar-refractivity contribution >= 4 is 12.0 Å². The molecule has 0 aromatic carbocycles. The molecule has 0 fully saturated rings. The van der Waals surface area contributed by atoms with E-state index in [1.54, 1.807) is 6.92 Å². The third kappa shape index (κ3) is 7.70. The maximum Gasteiger partial charge on any atom is 0.315 e. The fraction of sp³-hybridized carbons (Fsp3) is 0.857. The largest absolute Gasteiger partial charge is 0.481 e. The van der Waals surface area contributed by atoms with Gasteiger partial charge >= 0.3 is 12.0 Å². The highest BCUT2D eigenvalue weighted by atomic mass is 16.4. The van der Waals surface area contributed by atoms with E-state index in [1.165, 1.54) is 0 Å². The molecular formula is C14H28N2O3. The minimum Gasteiger partial charge on any atom is -0.481 e. The van der Waals surface area contributed by atoms with E-state index < -0.39 is 5.97 Å². The summed E-state index contributed by atoms with van der Waals surface area (Å²) in [6.07, 6.45) is 3.36. The van der Waals surface area contributed by atoms with E-state index >= 15 is 0 Å². The molecule has 0 aromatic rings. The summed E-state index contributed by atoms with van der Waals surface area (Å²) in [5.41, 5.74) is 0. The van der Waals surface area contributed by atoms with Crippen LogP contribution in [-0.2, 0) is 4.79 Å². The lowest BCUT2D eigenvalue weighted by Crippen LogP contribution is -2.44. The molecule has 5 heteroatoms. The van der Waals surface area contributed by atoms with Gasteiger partial charge in [-0.3, -0.25) is 4.79 Å². The van der Waals surface area contributed by atoms with Crippen molar-refractivity contribution in [1.29, 1.82) is 0 Å². The summed E-state index contributed by atoms with van der Waals surface area (Å²) in [5.74, 6) is -0.641. The van der Waals surface area contributed by atoms with Gasteiger partial charge < -0.3 is 15.7 Å². The second-order valence-electron chi connectivity index (χ2n) is 5.15. The normalized spacial score (nSPS) is 13.9. The highest BCUT2D eigenvalue weighted by Crippen LogP contribution is 2.12. The fourth-order valence-corrected chi connectivity index (χ4v) is 2.11. The van der Waals surface area contributed by atoms with Crippen molar-refractivity contribution in [3.8, 4) is 0 Å². The number of aliphatic carboxylic acids is 1. The molecule has 0 aromatic heterocycles. The highest BCUT2D eigenvalue weighted by molar-refractivity contribution is 5.74. The van der Waals surface area contributed by atoms with Gasteiger partial charge in [0.1, 0.15) is 0 Å². The summed E-state index contributed by atoms with van der Waals surface area (Å²) in [6.45, 7) is 8.45. The summed E-state index contributed by atoms with van der Waals surface area (Å²) in [6, 6.07) is -0.00433. The van der Waals surface area contributed by atoms with Crippen LogP contribution in [0.1, 0.15) is 53.4 Å². The number of carbonyl (C=O) groups excluding carboxylic acids is 1. The highest BCUT2D eigenvalue weighted by Gasteiger charge is 2.15. The number of carboxylic acid groups (broad SMARTS) is 1. The topological polar surface area (TPSA) is 78.4 Å². The third-order valence-electron chi connectivity index (χ3n) is 3.64. The zero-order chi connectivity index (χ0) is 14.8. The first-order valence-electron chi connectivity index (χ1n) is 7.19. The first kappa shape index (κ1) is 17.7. The molecule has 0 heterocycles. The van der Waals surface area contributed by atoms with Gasteiger partial charge in [0.25, 0.3) is 0 Å². The van der Waals surface area contributed by atoms with Crippen molar-refractivity contribution in [2.45, 2.75) is 59.4 Å². The van der Waals surface area contributed by atoms with Crippen LogP contribution in [0.15, 0.2) is 0 Å². The van der Waals surface area contributed by atoms with E-state index in [-0.39, 0.29) is 18.0 Å². The maximum atomic E-state index is 11.6. The van der Waals surface area contributed by atoms with Crippen molar-refractivity contribution in [2.75, 3.05) is 6.54 Å². The Balaban J connectivity index is 3.78. The van der Waals surface area contributed by atoms with Crippen LogP contribution in [0.25, 0.3) is 0 Å². The number of rotatable bonds is 9. The van der Waals surface area contributed by atoms with Crippen molar-refractivity contribution in [3.05, 3.63) is 0 Å². The van der Waals surface area contributed by atoms with E-state index in [2.05, 4.69) is 24.5 Å². The number of hydrogen-bond donors (Lipinski definition) is 3. The molecule has 0 spiro atoms. The van der Waals surface area contributed by atoms with Gasteiger partial charge in [0.05, 0.1) is 5.92 Å². The molecule has 2 atom stereocenters. The molecule has 5 nitrogen and oxygen atoms in total. The van der Waals surface area contributed by atoms with Gasteiger partial charge in [0, 0.05) is 12.6 Å². The first-order valence-corrected chi connectivity index (χ1v) is 7.19. The SMILES string of the molecule is CCC(CC)C(C)NC(=O)NCCCC(C)C(=O)O. The molecular weight excluding hydrogens is 244 g/mol. The van der Waals surface area contributed by atoms with Gasteiger partial charge in [-0.1, -0.05) is 33.6 Å². The van der Waals surface area contributed by atoms with Gasteiger partial charge in [-0.25, -0.2) is 4.79 Å². The predicted molar refractivity (Wildman–Crippen MR) is 76.1 cm³/mol. The van der Waals surface area contributed by atoms with Gasteiger partial charge in [-0.15, -0.1) is 0 Å². The van der Waals surface area contributed by atoms with Crippen molar-refractivity contribution in [3.63, 3.8) is 0 Å². The van der Waals surface area contributed by atoms with Crippen LogP contribution in [-0.4, -0.2) is 29.7 Å². The molecule has 0 aliphatic heterocycles. The van der Waals surface area contributed by atoms with Crippen LogP contribution in [0.4, 0.5) is 4.79 Å². The van der Waals surface area contributed by atoms with Crippen LogP contribution in [0.5, 0.6) is 0 Å². The summed E-state index contributed by atoms with van der Waals surface area (Å²) in [4.78, 5) is 22.2. The molecule has 112 valence electrons. The standard InChI is InChI=1S/C14H28N2O3/c1-5-12(6-2)11(4)16-14(19)15-9-7-8-10(3)13(17)18/h10-12H,5-9H2,1-4H3,(H,17,18)(H2,15,16,19). The van der Waals surface area contributed by atoms with E-state index in [0.29, 0.717) is 25.3 Å². The van der Waals surface area contributed by atoms with Gasteiger partial charge in [-0.2, -0.15) is 0 Å². The molecule has 0 radical (unpaired) electrons. The predicted octanol–water partition coefficient (Wildman–Crippen LogP) is 2.61. The Hall–Kier alpha value is -1.26. The molecule has 0 saturated heterocycles. The van der Waals surface area contributed by atoms with E-state index in [1.807, 2.05) is 6.92 Å². The van der Waals surface area contributed by atoms with E-state index in [9.17, 15) is 9.59 Å². The third-order valence-corrected chi connectivity index (χ3v) is 3.64. The molecule has 0 aliphatic rings. The quantitative estimate of drug-likeness (QED) is 0.564. The Labute approximate surface area is 116 Å². The van der Waals surface area contributed by atoms with Crippen LogP contribution in [0, 0.1) is 11.8 Å². The summed E-state index contributed by atoms with van der Waals surface area (Å²) < 4.78 is 0. The number of urea groups is 1. The molecule has 2 amide bonds. The number of amides is 2. The Morgan fingerprint density at radius 3 is 2.21 bits per heavy atom. The number of carbonyl (C=O) groups is 2. The smallest absolute Gasteiger partial charge is 0.315 e. The molecule has 0 bridgehead atoms. The molecule has 0 aliphatic carbocycles. The lowest BCUT2D eigenvalue weighted by molar-refractivity contribution is -0.141. The molecule has 0 saturated carbocycles. The molecule has 0 rings (SSSR count). The lowest BCUT2D eigenvalue weighted by atomic mass is 9.96. The zero-order valence-electron chi connectivity index (χ0n) is 12.5. The Bertz CT molecular complexity index is 278. The van der Waals surface area contributed by atoms with Crippen LogP contribution in [0.2, 0.25) is 0 Å². The monoisotopic (exact) mass is 272 g/mol. The summed E-state index contributed by atoms with van der Waals surface area (Å²) >= 11 is 0. The van der Waals surface area contributed by atoms with Crippen LogP contribution in [0.3, 0.4) is 0 Å². The number of hydrogen-bond acceptors (Lipinski definition) is 2. The zero-order valence-corrected chi connectivity index (χ0v) is 12.5. The average Bonchev–Trinajstić information content (AvgIpc) is 2.35. The Morgan fingerprint density at radius 2 is 1.74 bits per heavy atom. The average molecular weight is 272 g/mol. The maximum absolute atomic E-state index is 11.6. The minimum absolute atomic E-state index is 0.160. The van der Waals surface area contributed by atoms with Crippen molar-refractivity contribution < 1.29 is 14.7 Å². The number of carboxylic acids is 1. The minimum atomic E-state index is -0.785. The first-order chi connectivity index (χ1) is 8.92. The second-order valence-corrected chi connectivity index (χ2v) is 5.15. The second kappa shape index (κ2) is 9.64. The van der Waals surface area contributed by atoms with E-state index in [4.69, 9.17) is 5.11 Å². The van der Waals surface area contributed by atoms with Crippen molar-refractivity contribution in [1.82, 2.24) is 10.6 Å². The molecule has 3 N–H and O–H groups in total. The van der Waals surface area contributed by atoms with Gasteiger partial charge in [0.2, 0.25) is 0 Å². The Morgan fingerprint density at radius 1 is 1.16 bits per heavy atom. The van der Waals surface area contributed by atoms with Crippen LogP contribution < -0.4 is 10.6 Å². The van der Waals surface area contributed by atoms with E-state index in [0.717, 1.165) is 12.8 Å². The van der Waals surface area contributed by atoms with Crippen LogP contribution >= 0.6 is 0 Å². The summed E-state index contributed by atoms with van der Waals surface area (Å²) in [7, 11) is 0. The summed E-state index contributed by atoms with van der Waals surface area (Å²) in [5, 5.41) is 14.4. The Kier molecular flexibility index (Phi) is 9.00.